The van der Waals surface area contributed by atoms with E-state index in [0.717, 1.165) is 13.1 Å². The first-order valence-electron chi connectivity index (χ1n) is 5.61. The zero-order valence-electron chi connectivity index (χ0n) is 10.1. The number of carbonyl (C=O) groups excluding carboxylic acids is 1. The first kappa shape index (κ1) is 13.9. The number of likely N-dealkylation sites (N-methyl/N-ethyl adjacent to an activating group) is 1. The van der Waals surface area contributed by atoms with E-state index < -0.39 is 0 Å². The van der Waals surface area contributed by atoms with Crippen molar-refractivity contribution in [2.24, 2.45) is 5.73 Å². The summed E-state index contributed by atoms with van der Waals surface area (Å²) in [5, 5.41) is 14.9. The van der Waals surface area contributed by atoms with Crippen molar-refractivity contribution in [1.29, 1.82) is 0 Å². The first-order valence-corrected chi connectivity index (χ1v) is 6.49. The summed E-state index contributed by atoms with van der Waals surface area (Å²) in [5.74, 6) is -0.335. The molecule has 0 aromatic carbocycles. The highest BCUT2D eigenvalue weighted by molar-refractivity contribution is 8.00. The quantitative estimate of drug-likeness (QED) is 0.488. The number of hydrogen-bond acceptors (Lipinski definition) is 6. The van der Waals surface area contributed by atoms with Crippen LogP contribution in [0.3, 0.4) is 0 Å². The number of thioether (sulfide) groups is 1. The van der Waals surface area contributed by atoms with Gasteiger partial charge in [-0.15, -0.1) is 5.10 Å². The summed E-state index contributed by atoms with van der Waals surface area (Å²) in [5.41, 5.74) is 5.29. The third-order valence-electron chi connectivity index (χ3n) is 2.19. The van der Waals surface area contributed by atoms with Crippen molar-refractivity contribution in [2.75, 3.05) is 13.1 Å². The monoisotopic (exact) mass is 258 g/mol. The van der Waals surface area contributed by atoms with Crippen molar-refractivity contribution in [1.82, 2.24) is 25.5 Å². The van der Waals surface area contributed by atoms with E-state index in [1.807, 2.05) is 13.8 Å². The Morgan fingerprint density at radius 1 is 1.59 bits per heavy atom. The minimum atomic E-state index is -0.335. The molecule has 7 nitrogen and oxygen atoms in total. The minimum Gasteiger partial charge on any atom is -0.369 e. The predicted molar refractivity (Wildman–Crippen MR) is 65.5 cm³/mol. The van der Waals surface area contributed by atoms with Crippen LogP contribution >= 0.6 is 11.8 Å². The largest absolute Gasteiger partial charge is 0.369 e. The smallest absolute Gasteiger partial charge is 0.231 e. The molecular formula is C9H18N6OS. The van der Waals surface area contributed by atoms with Crippen molar-refractivity contribution in [3.8, 4) is 0 Å². The van der Waals surface area contributed by atoms with Crippen molar-refractivity contribution in [3.05, 3.63) is 0 Å². The van der Waals surface area contributed by atoms with Gasteiger partial charge in [0.05, 0.1) is 11.8 Å². The van der Waals surface area contributed by atoms with Gasteiger partial charge in [-0.05, 0) is 23.4 Å². The minimum absolute atomic E-state index is 0.279. The predicted octanol–water partition coefficient (Wildman–Crippen LogP) is -0.361. The molecule has 0 aliphatic rings. The summed E-state index contributed by atoms with van der Waals surface area (Å²) in [4.78, 5) is 11.1. The van der Waals surface area contributed by atoms with E-state index in [4.69, 9.17) is 5.73 Å². The Bertz CT molecular complexity index is 355. The number of carbonyl (C=O) groups is 1. The number of aromatic nitrogens is 4. The second kappa shape index (κ2) is 7.23. The highest BCUT2D eigenvalue weighted by Gasteiger charge is 2.18. The van der Waals surface area contributed by atoms with Crippen LogP contribution in [0.1, 0.15) is 20.3 Å². The Morgan fingerprint density at radius 3 is 2.94 bits per heavy atom. The molecule has 0 bridgehead atoms. The number of nitrogens with zero attached hydrogens (tertiary/aromatic N) is 4. The van der Waals surface area contributed by atoms with Gasteiger partial charge in [0, 0.05) is 6.54 Å². The molecular weight excluding hydrogens is 240 g/mol. The third-order valence-corrected chi connectivity index (χ3v) is 3.54. The Morgan fingerprint density at radius 2 is 2.35 bits per heavy atom. The average Bonchev–Trinajstić information content (AvgIpc) is 2.73. The van der Waals surface area contributed by atoms with E-state index in [1.165, 1.54) is 11.8 Å². The zero-order valence-corrected chi connectivity index (χ0v) is 10.9. The lowest BCUT2D eigenvalue weighted by Gasteiger charge is -2.09. The third kappa shape index (κ3) is 4.31. The van der Waals surface area contributed by atoms with Crippen LogP contribution in [0.4, 0.5) is 0 Å². The topological polar surface area (TPSA) is 98.7 Å². The normalized spacial score (nSPS) is 12.6. The van der Waals surface area contributed by atoms with E-state index in [0.29, 0.717) is 18.1 Å². The van der Waals surface area contributed by atoms with Gasteiger partial charge in [-0.3, -0.25) is 4.79 Å². The van der Waals surface area contributed by atoms with Crippen LogP contribution in [0.25, 0.3) is 0 Å². The summed E-state index contributed by atoms with van der Waals surface area (Å²) in [6, 6.07) is 0. The van der Waals surface area contributed by atoms with Crippen LogP contribution in [-0.2, 0) is 11.3 Å². The van der Waals surface area contributed by atoms with Gasteiger partial charge in [0.2, 0.25) is 11.1 Å². The molecule has 0 spiro atoms. The van der Waals surface area contributed by atoms with E-state index in [1.54, 1.807) is 4.68 Å². The lowest BCUT2D eigenvalue weighted by Crippen LogP contribution is -2.26. The van der Waals surface area contributed by atoms with E-state index in [9.17, 15) is 4.79 Å². The lowest BCUT2D eigenvalue weighted by atomic mass is 10.3. The molecule has 17 heavy (non-hydrogen) atoms. The van der Waals surface area contributed by atoms with Gasteiger partial charge in [-0.2, -0.15) is 0 Å². The second-order valence-electron chi connectivity index (χ2n) is 3.46. The standard InChI is InChI=1S/C9H18N6OS/c1-3-7(8(10)16)17-9-12-13-14-15(9)6-5-11-4-2/h7,11H,3-6H2,1-2H3,(H2,10,16). The van der Waals surface area contributed by atoms with Crippen LogP contribution in [0, 0.1) is 0 Å². The Balaban J connectivity index is 2.58. The number of nitrogens with two attached hydrogens (primary N) is 1. The van der Waals surface area contributed by atoms with Crippen molar-refractivity contribution < 1.29 is 4.79 Å². The maximum absolute atomic E-state index is 11.1. The molecule has 1 rings (SSSR count). The van der Waals surface area contributed by atoms with Gasteiger partial charge >= 0.3 is 0 Å². The summed E-state index contributed by atoms with van der Waals surface area (Å²) in [6.07, 6.45) is 0.667. The molecule has 1 aromatic heterocycles. The number of nitrogens with one attached hydrogen (secondary N) is 1. The number of tetrazole rings is 1. The van der Waals surface area contributed by atoms with Crippen LogP contribution in [0.15, 0.2) is 5.16 Å². The van der Waals surface area contributed by atoms with Gasteiger partial charge < -0.3 is 11.1 Å². The lowest BCUT2D eigenvalue weighted by molar-refractivity contribution is -0.117. The van der Waals surface area contributed by atoms with Crippen molar-refractivity contribution in [3.63, 3.8) is 0 Å². The fourth-order valence-electron chi connectivity index (χ4n) is 1.25. The van der Waals surface area contributed by atoms with Gasteiger partial charge in [-0.1, -0.05) is 25.6 Å². The Kier molecular flexibility index (Phi) is 5.92. The number of amides is 1. The average molecular weight is 258 g/mol. The van der Waals surface area contributed by atoms with Gasteiger partial charge in [0.15, 0.2) is 0 Å². The molecule has 1 atom stereocenters. The fraction of sp³-hybridized carbons (Fsp3) is 0.778. The molecule has 0 aliphatic heterocycles. The SMILES string of the molecule is CCNCCn1nnnc1SC(CC)C(N)=O. The van der Waals surface area contributed by atoms with Crippen LogP contribution in [0.5, 0.6) is 0 Å². The van der Waals surface area contributed by atoms with E-state index in [-0.39, 0.29) is 11.2 Å². The molecule has 0 aliphatic carbocycles. The number of rotatable bonds is 8. The summed E-state index contributed by atoms with van der Waals surface area (Å²) < 4.78 is 1.68. The Labute approximate surface area is 105 Å². The molecule has 0 saturated heterocycles. The highest BCUT2D eigenvalue weighted by atomic mass is 32.2. The first-order chi connectivity index (χ1) is 8.19. The van der Waals surface area contributed by atoms with Crippen LogP contribution in [0.2, 0.25) is 0 Å². The maximum Gasteiger partial charge on any atom is 0.231 e. The van der Waals surface area contributed by atoms with Gasteiger partial charge in [0.1, 0.15) is 0 Å². The van der Waals surface area contributed by atoms with E-state index in [2.05, 4.69) is 20.8 Å². The molecule has 1 heterocycles. The fourth-order valence-corrected chi connectivity index (χ4v) is 2.12. The Hall–Kier alpha value is -1.15. The summed E-state index contributed by atoms with van der Waals surface area (Å²) >= 11 is 1.31. The van der Waals surface area contributed by atoms with Crippen molar-refractivity contribution >= 4 is 17.7 Å². The molecule has 1 aromatic rings. The number of primary amides is 1. The highest BCUT2D eigenvalue weighted by Crippen LogP contribution is 2.22. The summed E-state index contributed by atoms with van der Waals surface area (Å²) in [7, 11) is 0. The molecule has 0 saturated carbocycles. The molecule has 96 valence electrons. The van der Waals surface area contributed by atoms with E-state index >= 15 is 0 Å². The van der Waals surface area contributed by atoms with Gasteiger partial charge in [-0.25, -0.2) is 4.68 Å². The summed E-state index contributed by atoms with van der Waals surface area (Å²) in [6.45, 7) is 6.33. The molecule has 3 N–H and O–H groups in total. The van der Waals surface area contributed by atoms with Crippen LogP contribution in [-0.4, -0.2) is 44.5 Å². The molecule has 0 fully saturated rings. The molecule has 0 radical (unpaired) electrons. The van der Waals surface area contributed by atoms with Gasteiger partial charge in [0.25, 0.3) is 0 Å². The molecule has 8 heteroatoms. The zero-order chi connectivity index (χ0) is 12.7. The second-order valence-corrected chi connectivity index (χ2v) is 4.63. The van der Waals surface area contributed by atoms with Crippen molar-refractivity contribution in [2.45, 2.75) is 37.2 Å². The van der Waals surface area contributed by atoms with Crippen LogP contribution < -0.4 is 11.1 Å². The number of hydrogen-bond donors (Lipinski definition) is 2. The molecule has 1 unspecified atom stereocenters. The molecule has 1 amide bonds. The maximum atomic E-state index is 11.1.